The number of carbonyl (C=O) groups is 3. The second kappa shape index (κ2) is 15.0. The lowest BCUT2D eigenvalue weighted by molar-refractivity contribution is -0.147. The Morgan fingerprint density at radius 1 is 0.952 bits per heavy atom. The first kappa shape index (κ1) is 35.3. The molecule has 1 aromatic carbocycles. The van der Waals surface area contributed by atoms with E-state index in [1.54, 1.807) is 17.0 Å². The summed E-state index contributed by atoms with van der Waals surface area (Å²) in [6.07, 6.45) is 3.82. The highest BCUT2D eigenvalue weighted by Crippen LogP contribution is 2.47. The normalized spacial score (nSPS) is 18.4. The smallest absolute Gasteiger partial charge is 0.323 e. The monoisotopic (exact) mass is 648 g/mol. The first-order valence-corrected chi connectivity index (χ1v) is 13.2. The van der Waals surface area contributed by atoms with Crippen molar-refractivity contribution in [3.63, 3.8) is 0 Å². The van der Waals surface area contributed by atoms with Crippen molar-refractivity contribution in [2.75, 3.05) is 56.9 Å². The summed E-state index contributed by atoms with van der Waals surface area (Å²) in [7, 11) is 2.14. The number of pyridine rings is 1. The van der Waals surface area contributed by atoms with E-state index in [1.807, 2.05) is 0 Å². The molecule has 42 heavy (non-hydrogen) atoms. The van der Waals surface area contributed by atoms with Gasteiger partial charge in [-0.25, -0.2) is 14.2 Å². The van der Waals surface area contributed by atoms with Gasteiger partial charge in [0.25, 0.3) is 0 Å². The SMILES string of the molecule is CN1CCN(C2CCN(C(=O)Nc3cc(Oc4ccc(NC(=O)C5(C(=O)O)CC5)c(F)c4)ccn3)CC2)CC1.Cl.Cl.Cl. The summed E-state index contributed by atoms with van der Waals surface area (Å²) in [5.74, 6) is -1.89. The van der Waals surface area contributed by atoms with Crippen molar-refractivity contribution in [2.24, 2.45) is 5.41 Å². The number of urea groups is 1. The minimum Gasteiger partial charge on any atom is -0.480 e. The van der Waals surface area contributed by atoms with Crippen LogP contribution in [0.15, 0.2) is 36.5 Å². The highest BCUT2D eigenvalue weighted by Gasteiger charge is 2.57. The number of carboxylic acid groups (broad SMARTS) is 1. The average Bonchev–Trinajstić information content (AvgIpc) is 3.74. The largest absolute Gasteiger partial charge is 0.480 e. The van der Waals surface area contributed by atoms with Gasteiger partial charge in [-0.3, -0.25) is 19.8 Å². The number of hydrogen-bond donors (Lipinski definition) is 3. The molecule has 3 amide bonds. The second-order valence-corrected chi connectivity index (χ2v) is 10.4. The first-order valence-electron chi connectivity index (χ1n) is 13.2. The molecule has 3 fully saturated rings. The summed E-state index contributed by atoms with van der Waals surface area (Å²) < 4.78 is 20.4. The van der Waals surface area contributed by atoms with Crippen molar-refractivity contribution in [3.05, 3.63) is 42.3 Å². The summed E-state index contributed by atoms with van der Waals surface area (Å²) in [5, 5.41) is 14.4. The van der Waals surface area contributed by atoms with E-state index in [0.717, 1.165) is 45.1 Å². The minimum atomic E-state index is -1.47. The molecule has 3 N–H and O–H groups in total. The Balaban J connectivity index is 0.00000205. The van der Waals surface area contributed by atoms with Gasteiger partial charge in [-0.15, -0.1) is 37.2 Å². The summed E-state index contributed by atoms with van der Waals surface area (Å²) in [5.41, 5.74) is -1.60. The number of hydrogen-bond acceptors (Lipinski definition) is 7. The molecule has 5 rings (SSSR count). The fraction of sp³-hybridized carbons (Fsp3) is 0.481. The molecule has 2 aliphatic heterocycles. The van der Waals surface area contributed by atoms with Crippen LogP contribution in [0.5, 0.6) is 11.5 Å². The van der Waals surface area contributed by atoms with Crippen molar-refractivity contribution in [1.82, 2.24) is 19.7 Å². The standard InChI is InChI=1S/C27H33FN6O5.3ClH/c1-32-12-14-33(15-13-32)18-5-10-34(11-6-18)26(38)31-23-17-20(4-9-29-23)39-19-2-3-22(21(28)16-19)30-24(35)27(7-8-27)25(36)37;;;/h2-4,9,16-18H,5-8,10-15H2,1H3,(H,30,35)(H,36,37)(H,29,31,38);3*1H. The van der Waals surface area contributed by atoms with E-state index in [-0.39, 0.29) is 67.5 Å². The number of piperazine rings is 1. The van der Waals surface area contributed by atoms with E-state index in [1.165, 1.54) is 18.3 Å². The number of likely N-dealkylation sites (N-methyl/N-ethyl adjacent to an activating group) is 1. The highest BCUT2D eigenvalue weighted by molar-refractivity contribution is 6.10. The Morgan fingerprint density at radius 3 is 2.19 bits per heavy atom. The fourth-order valence-corrected chi connectivity index (χ4v) is 5.05. The van der Waals surface area contributed by atoms with E-state index in [9.17, 15) is 23.9 Å². The maximum atomic E-state index is 14.6. The van der Waals surface area contributed by atoms with Crippen LogP contribution in [0.4, 0.5) is 20.7 Å². The van der Waals surface area contributed by atoms with Crippen LogP contribution in [0.2, 0.25) is 0 Å². The first-order chi connectivity index (χ1) is 18.7. The molecule has 0 spiro atoms. The lowest BCUT2D eigenvalue weighted by Gasteiger charge is -2.42. The van der Waals surface area contributed by atoms with Crippen molar-refractivity contribution in [1.29, 1.82) is 0 Å². The number of carbonyl (C=O) groups excluding carboxylic acids is 2. The quantitative estimate of drug-likeness (QED) is 0.379. The lowest BCUT2D eigenvalue weighted by Crippen LogP contribution is -2.53. The zero-order chi connectivity index (χ0) is 27.6. The van der Waals surface area contributed by atoms with Crippen LogP contribution in [0.1, 0.15) is 25.7 Å². The Morgan fingerprint density at radius 2 is 1.60 bits per heavy atom. The van der Waals surface area contributed by atoms with Gasteiger partial charge >= 0.3 is 12.0 Å². The molecule has 3 aliphatic rings. The molecule has 232 valence electrons. The topological polar surface area (TPSA) is 127 Å². The van der Waals surface area contributed by atoms with Crippen LogP contribution in [-0.4, -0.2) is 95.1 Å². The van der Waals surface area contributed by atoms with Crippen LogP contribution >= 0.6 is 37.2 Å². The molecule has 11 nitrogen and oxygen atoms in total. The van der Waals surface area contributed by atoms with Gasteiger partial charge in [0, 0.05) is 63.6 Å². The molecule has 0 bridgehead atoms. The van der Waals surface area contributed by atoms with Gasteiger partial charge in [0.05, 0.1) is 5.69 Å². The predicted octanol–water partition coefficient (Wildman–Crippen LogP) is 4.33. The minimum absolute atomic E-state index is 0. The van der Waals surface area contributed by atoms with Crippen LogP contribution < -0.4 is 15.4 Å². The summed E-state index contributed by atoms with van der Waals surface area (Å²) in [6, 6.07) is 7.28. The molecule has 0 unspecified atom stereocenters. The Labute approximate surface area is 262 Å². The van der Waals surface area contributed by atoms with Gasteiger partial charge < -0.3 is 25.0 Å². The third kappa shape index (κ3) is 8.13. The molecule has 3 heterocycles. The lowest BCUT2D eigenvalue weighted by atomic mass is 10.0. The van der Waals surface area contributed by atoms with E-state index < -0.39 is 23.1 Å². The van der Waals surface area contributed by atoms with E-state index in [2.05, 4.69) is 32.5 Å². The number of carboxylic acids is 1. The van der Waals surface area contributed by atoms with Gasteiger partial charge in [-0.05, 0) is 50.9 Å². The van der Waals surface area contributed by atoms with Crippen LogP contribution in [0, 0.1) is 11.2 Å². The van der Waals surface area contributed by atoms with Crippen LogP contribution in [-0.2, 0) is 9.59 Å². The fourth-order valence-electron chi connectivity index (χ4n) is 5.05. The maximum absolute atomic E-state index is 14.6. The number of anilines is 2. The number of nitrogens with zero attached hydrogens (tertiary/aromatic N) is 4. The molecule has 0 atom stereocenters. The summed E-state index contributed by atoms with van der Waals surface area (Å²) in [6.45, 7) is 5.63. The van der Waals surface area contributed by atoms with Crippen molar-refractivity contribution in [2.45, 2.75) is 31.7 Å². The van der Waals surface area contributed by atoms with Gasteiger partial charge in [0.2, 0.25) is 5.91 Å². The summed E-state index contributed by atoms with van der Waals surface area (Å²) >= 11 is 0. The van der Waals surface area contributed by atoms with Crippen molar-refractivity contribution in [3.8, 4) is 11.5 Å². The van der Waals surface area contributed by atoms with Crippen molar-refractivity contribution >= 4 is 66.6 Å². The average molecular weight is 650 g/mol. The number of benzene rings is 1. The Hall–Kier alpha value is -2.90. The second-order valence-electron chi connectivity index (χ2n) is 10.4. The molecular weight excluding hydrogens is 614 g/mol. The molecule has 15 heteroatoms. The van der Waals surface area contributed by atoms with Crippen LogP contribution in [0.25, 0.3) is 0 Å². The Bertz CT molecular complexity index is 1250. The van der Waals surface area contributed by atoms with Gasteiger partial charge in [0.15, 0.2) is 0 Å². The number of aliphatic carboxylic acids is 1. The number of likely N-dealkylation sites (tertiary alicyclic amines) is 1. The van der Waals surface area contributed by atoms with Crippen molar-refractivity contribution < 1.29 is 28.6 Å². The van der Waals surface area contributed by atoms with E-state index in [4.69, 9.17) is 4.74 Å². The van der Waals surface area contributed by atoms with Gasteiger partial charge in [0.1, 0.15) is 28.5 Å². The number of amides is 3. The molecule has 2 aromatic rings. The number of rotatable bonds is 7. The molecular formula is C27H36Cl3FN6O5. The number of piperidine rings is 1. The third-order valence-corrected chi connectivity index (χ3v) is 7.79. The molecule has 2 saturated heterocycles. The molecule has 0 radical (unpaired) electrons. The number of halogens is 4. The van der Waals surface area contributed by atoms with Gasteiger partial charge in [-0.2, -0.15) is 0 Å². The number of nitrogens with one attached hydrogen (secondary N) is 2. The van der Waals surface area contributed by atoms with Crippen LogP contribution in [0.3, 0.4) is 0 Å². The van der Waals surface area contributed by atoms with E-state index >= 15 is 0 Å². The predicted molar refractivity (Wildman–Crippen MR) is 163 cm³/mol. The maximum Gasteiger partial charge on any atom is 0.323 e. The molecule has 1 aromatic heterocycles. The third-order valence-electron chi connectivity index (χ3n) is 7.79. The zero-order valence-corrected chi connectivity index (χ0v) is 25.5. The van der Waals surface area contributed by atoms with E-state index in [0.29, 0.717) is 30.7 Å². The molecule has 1 aliphatic carbocycles. The number of ether oxygens (including phenoxy) is 1. The summed E-state index contributed by atoms with van der Waals surface area (Å²) in [4.78, 5) is 47.3. The number of aromatic nitrogens is 1. The Kier molecular flexibility index (Phi) is 12.6. The zero-order valence-electron chi connectivity index (χ0n) is 23.1. The van der Waals surface area contributed by atoms with Gasteiger partial charge in [-0.1, -0.05) is 0 Å². The highest BCUT2D eigenvalue weighted by atomic mass is 35.5. The molecule has 1 saturated carbocycles.